The van der Waals surface area contributed by atoms with Crippen LogP contribution in [-0.2, 0) is 0 Å². The van der Waals surface area contributed by atoms with Gasteiger partial charge < -0.3 is 90.7 Å². The first-order valence-corrected chi connectivity index (χ1v) is 32.1. The molecule has 6 aromatic rings. The average Bonchev–Trinajstić information content (AvgIpc) is 0.631. The summed E-state index contributed by atoms with van der Waals surface area (Å²) in [5.74, 6) is -28.4. The zero-order valence-electron chi connectivity index (χ0n) is 163. The predicted molar refractivity (Wildman–Crippen MR) is 465 cm³/mol. The number of hydrogen-bond acceptors (Lipinski definition) is 18. The standard InChI is InChI=1S/6C16H25NO2/c6*1-17(2)12-15(13-6-8-14(18)9-7-13)16(19)10-4-3-5-11-16/h6*6-9,15,18-19H,3-5,10-12H2,1-2H3/i1D3,2D3,3D2,4D2,5D2,8D,9D,10D2,11D2,12D2,15D;1D3,3D2,4D2,5D2,8D,9D,10D2,11D2,12D2,15D;1D3,2D3,3D2,4D2,5D2,8D,9D,10D2,11D2,15D;3D2,4D2,5D2,8D,9D,10D2,11D2,12D2,15D;1D3,3D2,4D2,5D2,8D,9D,10D2,11D2,15D;3D2,4D2,5D2,8D,9D,10D2,11D2,15D. The summed E-state index contributed by atoms with van der Waals surface area (Å²) < 4.78 is 829. The maximum absolute atomic E-state index is 12.0. The monoisotopic (exact) mass is 1680 g/mol. The van der Waals surface area contributed by atoms with Crippen molar-refractivity contribution in [3.8, 4) is 34.5 Å². The summed E-state index contributed by atoms with van der Waals surface area (Å²) in [5.41, 5.74) is -32.3. The summed E-state index contributed by atoms with van der Waals surface area (Å²) >= 11 is 0. The van der Waals surface area contributed by atoms with Crippen LogP contribution >= 0.6 is 0 Å². The maximum atomic E-state index is 12.0. The number of phenols is 6. The van der Waals surface area contributed by atoms with Crippen LogP contribution in [0.1, 0.15) is 400 Å². The third-order valence-corrected chi connectivity index (χ3v) is 14.4. The first-order valence-electron chi connectivity index (χ1n) is 83.1. The lowest BCUT2D eigenvalue weighted by molar-refractivity contribution is -0.0280. The summed E-state index contributed by atoms with van der Waals surface area (Å²) in [6.45, 7) is -37.8. The van der Waals surface area contributed by atoms with Crippen LogP contribution in [0.5, 0.6) is 34.5 Å². The summed E-state index contributed by atoms with van der Waals surface area (Å²) in [4.78, 5) is 0.596. The molecule has 0 aromatic heterocycles. The zero-order valence-corrected chi connectivity index (χ0v) is 60.6. The van der Waals surface area contributed by atoms with Crippen molar-refractivity contribution < 1.29 is 201 Å². The molecule has 6 unspecified atom stereocenters. The molecule has 6 aliphatic carbocycles. The second kappa shape index (κ2) is 45.5. The highest BCUT2D eigenvalue weighted by molar-refractivity contribution is 5.36. The van der Waals surface area contributed by atoms with E-state index in [0.29, 0.717) is 65.4 Å². The Kier molecular flexibility index (Phi) is 10.5. The molecule has 6 atom stereocenters. The van der Waals surface area contributed by atoms with Crippen LogP contribution in [-0.4, -0.2) is 248 Å². The van der Waals surface area contributed by atoms with Gasteiger partial charge in [0, 0.05) is 198 Å². The quantitative estimate of drug-likeness (QED) is 0.0269. The molecule has 0 bridgehead atoms. The van der Waals surface area contributed by atoms with Crippen molar-refractivity contribution in [2.45, 2.75) is 260 Å². The lowest BCUT2D eigenvalue weighted by Gasteiger charge is -2.40. The van der Waals surface area contributed by atoms with E-state index in [4.69, 9.17) is 140 Å². The highest BCUT2D eigenvalue weighted by Gasteiger charge is 2.45. The second-order valence-electron chi connectivity index (χ2n) is 23.7. The Hall–Kier alpha value is -6.36. The summed E-state index contributed by atoms with van der Waals surface area (Å²) in [7, 11) is 6.21. The van der Waals surface area contributed by atoms with Gasteiger partial charge in [0.25, 0.3) is 0 Å². The lowest BCUT2D eigenvalue weighted by atomic mass is 9.72. The molecule has 0 heterocycles. The molecule has 636 valence electrons. The molecular formula is C96H150N6O12. The average molecular weight is 1680 g/mol. The fourth-order valence-electron chi connectivity index (χ4n) is 9.39. The number of phenolic OH excluding ortho intramolecular Hbond substituents is 6. The number of aliphatic hydroxyl groups is 6. The Morgan fingerprint density at radius 3 is 0.623 bits per heavy atom. The van der Waals surface area contributed by atoms with E-state index in [1.165, 1.54) is 19.0 Å². The highest BCUT2D eigenvalue weighted by atomic mass is 16.3. The van der Waals surface area contributed by atoms with Crippen molar-refractivity contribution in [2.75, 3.05) is 123 Å². The minimum atomic E-state index is -4.89. The van der Waals surface area contributed by atoms with Gasteiger partial charge >= 0.3 is 0 Å². The molecule has 12 N–H and O–H groups in total. The Balaban J connectivity index is 0.000000343. The van der Waals surface area contributed by atoms with Gasteiger partial charge in [0.1, 0.15) is 34.5 Å². The molecule has 0 spiro atoms. The van der Waals surface area contributed by atoms with Crippen molar-refractivity contribution in [1.82, 2.24) is 29.4 Å². The van der Waals surface area contributed by atoms with Gasteiger partial charge in [0.2, 0.25) is 0 Å². The number of aromatic hydroxyl groups is 6. The van der Waals surface area contributed by atoms with Gasteiger partial charge in [-0.2, -0.15) is 0 Å². The zero-order chi connectivity index (χ0) is 173. The van der Waals surface area contributed by atoms with Crippen LogP contribution in [0.4, 0.5) is 0 Å². The van der Waals surface area contributed by atoms with E-state index in [-0.39, 0.29) is 17.0 Å². The SMILES string of the molecule is [2H]c1cc(C([2H])(C([2H])([2H])N(C([2H])([2H])[2H])C([2H])([2H])[2H])C2(O)C([2H])([2H])C([2H])([2H])C([2H])([2H])C([2H])([2H])C2([2H])[2H])cc([2H])c1O.[2H]c1cc(C([2H])(C([2H])([2H])N(C)C([2H])([2H])[2H])C2(O)C([2H])([2H])C([2H])([2H])C([2H])([2H])C([2H])([2H])C2([2H])[2H])cc([2H])c1O.[2H]c1cc(C([2H])(C([2H])([2H])N(C)C)C2(O)C([2H])([2H])C([2H])([2H])C([2H])([2H])C([2H])([2H])C2([2H])[2H])cc([2H])c1O.[2H]c1cc(C([2H])(CN(C([2H])([2H])[2H])C([2H])([2H])[2H])C2(O)C([2H])([2H])C([2H])([2H])C([2H])([2H])C([2H])([2H])C2([2H])[2H])cc([2H])c1O.[2H]c1cc(C([2H])(CN(C)C([2H])([2H])[2H])C2(O)C([2H])([2H])C([2H])([2H])C([2H])([2H])C([2H])([2H])C2([2H])[2H])cc([2H])c1O.[2H]c1cc(C([2H])(CN(C)C)C2(O)C([2H])([2H])C([2H])([2H])C([2H])([2H])C([2H])([2H])C2([2H])[2H])cc([2H])c1O. The Bertz CT molecular complexity index is 8460. The minimum absolute atomic E-state index is 0.203. The van der Waals surface area contributed by atoms with E-state index in [2.05, 4.69) is 0 Å². The molecule has 0 amide bonds. The molecule has 6 fully saturated rings. The number of nitrogens with zero attached hydrogens (tertiary/aromatic N) is 6. The van der Waals surface area contributed by atoms with E-state index in [0.717, 1.165) is 33.3 Å². The van der Waals surface area contributed by atoms with Crippen LogP contribution < -0.4 is 0 Å². The summed E-state index contributed by atoms with van der Waals surface area (Å²) in [5, 5.41) is 130. The first-order chi connectivity index (χ1) is 93.5. The van der Waals surface area contributed by atoms with Crippen LogP contribution in [0.25, 0.3) is 0 Å². The van der Waals surface area contributed by atoms with Crippen molar-refractivity contribution in [3.63, 3.8) is 0 Å². The van der Waals surface area contributed by atoms with Crippen molar-refractivity contribution in [3.05, 3.63) is 179 Å². The van der Waals surface area contributed by atoms with Crippen LogP contribution in [0, 0.1) is 0 Å². The van der Waals surface area contributed by atoms with E-state index in [9.17, 15) is 61.3 Å². The van der Waals surface area contributed by atoms with Gasteiger partial charge in [-0.25, -0.2) is 0 Å². The molecule has 6 aromatic carbocycles. The fraction of sp³-hybridized carbons (Fsp3) is 0.625. The van der Waals surface area contributed by atoms with E-state index >= 15 is 0 Å². The molecule has 0 saturated heterocycles. The first kappa shape index (κ1) is 26.3. The molecule has 0 radical (unpaired) electrons. The molecule has 18 nitrogen and oxygen atoms in total. The molecule has 6 aliphatic rings. The van der Waals surface area contributed by atoms with E-state index < -0.39 is 491 Å². The molecule has 12 rings (SSSR count). The van der Waals surface area contributed by atoms with Crippen molar-refractivity contribution in [2.24, 2.45) is 0 Å². The molecular weight excluding hydrogens is 1430 g/mol. The lowest BCUT2D eigenvalue weighted by Crippen LogP contribution is -2.42. The Morgan fingerprint density at radius 2 is 0.430 bits per heavy atom. The number of benzene rings is 6. The van der Waals surface area contributed by atoms with Crippen molar-refractivity contribution >= 4 is 0 Å². The third-order valence-electron chi connectivity index (χ3n) is 14.4. The normalized spacial score (nSPS) is 49.5. The van der Waals surface area contributed by atoms with Crippen molar-refractivity contribution in [1.29, 1.82) is 0 Å². The number of hydrogen-bond donors (Lipinski definition) is 12. The summed E-state index contributed by atoms with van der Waals surface area (Å²) in [6, 6.07) is -5.13. The number of rotatable bonds is 24. The Morgan fingerprint density at radius 1 is 0.263 bits per heavy atom. The molecule has 6 saturated carbocycles. The van der Waals surface area contributed by atoms with Gasteiger partial charge in [0.15, 0.2) is 0 Å². The fourth-order valence-corrected chi connectivity index (χ4v) is 9.39. The number of likely N-dealkylation sites (N-methyl/N-ethyl adjacent to an activating group) is 6. The van der Waals surface area contributed by atoms with Gasteiger partial charge in [-0.05, 0) is 267 Å². The molecule has 18 heteroatoms. The van der Waals surface area contributed by atoms with E-state index in [1.807, 2.05) is 0 Å². The van der Waals surface area contributed by atoms with Crippen LogP contribution in [0.2, 0.25) is 0 Å². The maximum Gasteiger partial charge on any atom is 0.115 e. The predicted octanol–water partition coefficient (Wildman–Crippen LogP) is 16.4. The van der Waals surface area contributed by atoms with Crippen LogP contribution in [0.15, 0.2) is 145 Å². The molecule has 114 heavy (non-hydrogen) atoms. The topological polar surface area (TPSA) is 262 Å². The van der Waals surface area contributed by atoms with Gasteiger partial charge in [-0.15, -0.1) is 0 Å². The smallest absolute Gasteiger partial charge is 0.115 e. The largest absolute Gasteiger partial charge is 0.508 e. The molecule has 0 aliphatic heterocycles. The van der Waals surface area contributed by atoms with Crippen LogP contribution in [0.3, 0.4) is 0 Å². The van der Waals surface area contributed by atoms with E-state index in [1.54, 1.807) is 0 Å². The second-order valence-corrected chi connectivity index (χ2v) is 23.7. The van der Waals surface area contributed by atoms with Gasteiger partial charge in [-0.3, -0.25) is 0 Å². The van der Waals surface area contributed by atoms with Gasteiger partial charge in [-0.1, -0.05) is 188 Å². The summed E-state index contributed by atoms with van der Waals surface area (Å²) in [6.07, 6.45) is -124. The third kappa shape index (κ3) is 29.6. The highest BCUT2D eigenvalue weighted by Crippen LogP contribution is 2.47. The Labute approximate surface area is 829 Å². The van der Waals surface area contributed by atoms with Gasteiger partial charge in [0.05, 0.1) is 50.1 Å². The minimum Gasteiger partial charge on any atom is -0.508 e.